The normalized spacial score (nSPS) is 13.4. The van der Waals surface area contributed by atoms with E-state index >= 15 is 0 Å². The minimum Gasteiger partial charge on any atom is -0.494 e. The number of anilines is 1. The first-order chi connectivity index (χ1) is 24.5. The van der Waals surface area contributed by atoms with Crippen LogP contribution in [-0.2, 0) is 13.6 Å². The largest absolute Gasteiger partial charge is 0.573 e. The van der Waals surface area contributed by atoms with Gasteiger partial charge in [0.1, 0.15) is 22.9 Å². The fourth-order valence-corrected chi connectivity index (χ4v) is 5.88. The zero-order chi connectivity index (χ0) is 36.1. The number of carbonyl (C=O) groups is 2. The topological polar surface area (TPSA) is 89.4 Å². The highest BCUT2D eigenvalue weighted by Crippen LogP contribution is 2.29. The fraction of sp³-hybridized carbons (Fsp3) is 0.289. The third-order valence-corrected chi connectivity index (χ3v) is 8.67. The number of nitrogens with zero attached hydrogens (tertiary/aromatic N) is 5. The highest BCUT2D eigenvalue weighted by Gasteiger charge is 2.31. The molecular weight excluding hydrogens is 743 g/mol. The Bertz CT molecular complexity index is 1980. The second-order valence-corrected chi connectivity index (χ2v) is 12.3. The van der Waals surface area contributed by atoms with Crippen LogP contribution >= 0.6 is 17.0 Å². The Labute approximate surface area is 310 Å². The monoisotopic (exact) mass is 781 g/mol. The number of aromatic nitrogens is 2. The number of benzene rings is 3. The molecule has 0 N–H and O–H groups in total. The number of alkyl halides is 3. The minimum absolute atomic E-state index is 0. The van der Waals surface area contributed by atoms with E-state index in [4.69, 9.17) is 9.47 Å². The van der Waals surface area contributed by atoms with Crippen LogP contribution in [0.2, 0.25) is 0 Å². The first-order valence-electron chi connectivity index (χ1n) is 16.6. The van der Waals surface area contributed by atoms with Gasteiger partial charge in [0.2, 0.25) is 5.88 Å². The number of fused-ring (bicyclic) bond motifs is 1. The van der Waals surface area contributed by atoms with Crippen molar-refractivity contribution in [3.63, 3.8) is 0 Å². The highest BCUT2D eigenvalue weighted by molar-refractivity contribution is 8.93. The maximum absolute atomic E-state index is 13.6. The van der Waals surface area contributed by atoms with Crippen LogP contribution in [0.15, 0.2) is 91.1 Å². The lowest BCUT2D eigenvalue weighted by Gasteiger charge is -2.34. The summed E-state index contributed by atoms with van der Waals surface area (Å²) in [5, 5.41) is 0.902. The molecule has 14 heteroatoms. The molecule has 5 aromatic rings. The number of hydrogen-bond donors (Lipinski definition) is 0. The molecular formula is C38H39BrF3N5O5. The molecule has 0 radical (unpaired) electrons. The van der Waals surface area contributed by atoms with Crippen molar-refractivity contribution in [1.82, 2.24) is 19.4 Å². The van der Waals surface area contributed by atoms with E-state index in [1.165, 1.54) is 35.8 Å². The third kappa shape index (κ3) is 9.22. The summed E-state index contributed by atoms with van der Waals surface area (Å²) in [6, 6.07) is 23.6. The molecule has 10 nitrogen and oxygen atoms in total. The van der Waals surface area contributed by atoms with E-state index < -0.39 is 18.0 Å². The van der Waals surface area contributed by atoms with E-state index in [9.17, 15) is 22.8 Å². The standard InChI is InChI=1S/C38H38F3N5O5.BrH/c1-4-21-49-30-11-5-26(6-12-30)25-45-17-19-46(20-18-45)37(48)34-22-28-9-15-32(23-33(28)44(34)3)50-35-16-10-29(24-42-35)43(2)36(47)27-7-13-31(14-8-27)51-38(39,40)41;/h5-16,22-24H,4,17-21,25H2,1-3H3;1H. The SMILES string of the molecule is Br.CCCOc1ccc(CN2CCN(C(=O)c3cc4ccc(Oc5ccc(N(C)C(=O)c6ccc(OC(F)(F)F)cc6)cn5)cc4n3C)CC2)cc1. The van der Waals surface area contributed by atoms with Crippen LogP contribution < -0.4 is 19.1 Å². The number of ether oxygens (including phenoxy) is 3. The number of pyridine rings is 1. The molecule has 0 atom stereocenters. The van der Waals surface area contributed by atoms with Gasteiger partial charge in [-0.2, -0.15) is 0 Å². The quantitative estimate of drug-likeness (QED) is 0.135. The second-order valence-electron chi connectivity index (χ2n) is 12.3. The molecule has 52 heavy (non-hydrogen) atoms. The number of hydrogen-bond acceptors (Lipinski definition) is 7. The molecule has 2 amide bonds. The molecule has 1 aliphatic heterocycles. The number of aryl methyl sites for hydroxylation is 1. The van der Waals surface area contributed by atoms with Gasteiger partial charge in [-0.25, -0.2) is 4.98 Å². The van der Waals surface area contributed by atoms with Gasteiger partial charge in [-0.05, 0) is 72.6 Å². The van der Waals surface area contributed by atoms with Gasteiger partial charge in [-0.3, -0.25) is 14.5 Å². The maximum atomic E-state index is 13.6. The van der Waals surface area contributed by atoms with E-state index in [0.29, 0.717) is 36.8 Å². The molecule has 3 aromatic carbocycles. The van der Waals surface area contributed by atoms with E-state index in [-0.39, 0.29) is 34.3 Å². The van der Waals surface area contributed by atoms with E-state index in [2.05, 4.69) is 33.7 Å². The Kier molecular flexibility index (Phi) is 12.1. The fourth-order valence-electron chi connectivity index (χ4n) is 5.88. The van der Waals surface area contributed by atoms with Crippen molar-refractivity contribution in [3.05, 3.63) is 108 Å². The number of carbonyl (C=O) groups excluding carboxylic acids is 2. The molecule has 0 bridgehead atoms. The van der Waals surface area contributed by atoms with Crippen LogP contribution in [0.3, 0.4) is 0 Å². The van der Waals surface area contributed by atoms with Crippen LogP contribution in [0.1, 0.15) is 39.8 Å². The molecule has 1 aliphatic rings. The first-order valence-corrected chi connectivity index (χ1v) is 16.6. The zero-order valence-corrected chi connectivity index (χ0v) is 30.6. The van der Waals surface area contributed by atoms with Gasteiger partial charge < -0.3 is 28.6 Å². The molecule has 1 fully saturated rings. The van der Waals surface area contributed by atoms with Gasteiger partial charge in [0.05, 0.1) is 24.0 Å². The molecule has 0 unspecified atom stereocenters. The number of rotatable bonds is 11. The average molecular weight is 783 g/mol. The molecule has 2 aromatic heterocycles. The molecule has 6 rings (SSSR count). The number of amides is 2. The van der Waals surface area contributed by atoms with Crippen molar-refractivity contribution in [2.24, 2.45) is 7.05 Å². The Morgan fingerprint density at radius 1 is 0.865 bits per heavy atom. The van der Waals surface area contributed by atoms with Crippen LogP contribution in [-0.4, -0.2) is 77.4 Å². The van der Waals surface area contributed by atoms with Crippen LogP contribution in [0, 0.1) is 0 Å². The van der Waals surface area contributed by atoms with Gasteiger partial charge in [0.25, 0.3) is 11.8 Å². The van der Waals surface area contributed by atoms with Crippen molar-refractivity contribution in [2.45, 2.75) is 26.3 Å². The summed E-state index contributed by atoms with van der Waals surface area (Å²) < 4.78 is 54.8. The lowest BCUT2D eigenvalue weighted by molar-refractivity contribution is -0.274. The predicted octanol–water partition coefficient (Wildman–Crippen LogP) is 7.87. The summed E-state index contributed by atoms with van der Waals surface area (Å²) in [6.45, 7) is 6.45. The zero-order valence-electron chi connectivity index (χ0n) is 28.9. The van der Waals surface area contributed by atoms with Crippen molar-refractivity contribution in [1.29, 1.82) is 0 Å². The minimum atomic E-state index is -4.82. The summed E-state index contributed by atoms with van der Waals surface area (Å²) in [7, 11) is 3.40. The Hall–Kier alpha value is -5.08. The van der Waals surface area contributed by atoms with Gasteiger partial charge in [-0.1, -0.05) is 19.1 Å². The lowest BCUT2D eigenvalue weighted by atomic mass is 10.2. The van der Waals surface area contributed by atoms with E-state index in [0.717, 1.165) is 54.8 Å². The number of piperazine rings is 1. The lowest BCUT2D eigenvalue weighted by Crippen LogP contribution is -2.48. The predicted molar refractivity (Wildman–Crippen MR) is 197 cm³/mol. The summed E-state index contributed by atoms with van der Waals surface area (Å²) in [5.74, 6) is 0.816. The molecule has 3 heterocycles. The van der Waals surface area contributed by atoms with Crippen LogP contribution in [0.4, 0.5) is 18.9 Å². The Balaban J connectivity index is 0.00000523. The van der Waals surface area contributed by atoms with Gasteiger partial charge in [-0.15, -0.1) is 30.2 Å². The van der Waals surface area contributed by atoms with Gasteiger partial charge >= 0.3 is 6.36 Å². The molecule has 0 aliphatic carbocycles. The van der Waals surface area contributed by atoms with Crippen LogP contribution in [0.5, 0.6) is 23.1 Å². The van der Waals surface area contributed by atoms with Crippen LogP contribution in [0.25, 0.3) is 10.9 Å². The average Bonchev–Trinajstić information content (AvgIpc) is 3.46. The van der Waals surface area contributed by atoms with Gasteiger partial charge in [0, 0.05) is 69.9 Å². The van der Waals surface area contributed by atoms with Crippen molar-refractivity contribution < 1.29 is 37.0 Å². The molecule has 0 saturated carbocycles. The summed E-state index contributed by atoms with van der Waals surface area (Å²) in [5.41, 5.74) is 3.27. The maximum Gasteiger partial charge on any atom is 0.573 e. The molecule has 1 saturated heterocycles. The summed E-state index contributed by atoms with van der Waals surface area (Å²) in [6.07, 6.45) is -2.38. The summed E-state index contributed by atoms with van der Waals surface area (Å²) >= 11 is 0. The smallest absolute Gasteiger partial charge is 0.494 e. The van der Waals surface area contributed by atoms with Crippen molar-refractivity contribution in [3.8, 4) is 23.1 Å². The van der Waals surface area contributed by atoms with E-state index in [1.54, 1.807) is 18.2 Å². The second kappa shape index (κ2) is 16.5. The third-order valence-electron chi connectivity index (χ3n) is 8.67. The Morgan fingerprint density at radius 3 is 2.17 bits per heavy atom. The van der Waals surface area contributed by atoms with Crippen molar-refractivity contribution in [2.75, 3.05) is 44.7 Å². The van der Waals surface area contributed by atoms with Gasteiger partial charge in [0.15, 0.2) is 0 Å². The van der Waals surface area contributed by atoms with Crippen molar-refractivity contribution >= 4 is 45.4 Å². The Morgan fingerprint density at radius 2 is 1.54 bits per heavy atom. The highest BCUT2D eigenvalue weighted by atomic mass is 79.9. The molecule has 274 valence electrons. The van der Waals surface area contributed by atoms with E-state index in [1.807, 2.05) is 46.8 Å². The number of halogens is 4. The summed E-state index contributed by atoms with van der Waals surface area (Å²) in [4.78, 5) is 36.4. The first kappa shape index (κ1) is 38.2. The molecule has 0 spiro atoms.